The van der Waals surface area contributed by atoms with Crippen LogP contribution in [0, 0.1) is 6.92 Å². The Bertz CT molecular complexity index is 1240. The van der Waals surface area contributed by atoms with Gasteiger partial charge in [0.15, 0.2) is 11.5 Å². The van der Waals surface area contributed by atoms with Gasteiger partial charge in [0.25, 0.3) is 5.91 Å². The molecule has 0 spiro atoms. The summed E-state index contributed by atoms with van der Waals surface area (Å²) in [5, 5.41) is 5.06. The SMILES string of the molecule is COc1ccc(CCC(=O)Nc2cccc(C(=O)N3CCc4sccc4C3)c2C)c(OC)c1OC. The van der Waals surface area contributed by atoms with Gasteiger partial charge in [0, 0.05) is 35.6 Å². The summed E-state index contributed by atoms with van der Waals surface area (Å²) in [6.07, 6.45) is 1.59. The van der Waals surface area contributed by atoms with Gasteiger partial charge in [-0.3, -0.25) is 9.59 Å². The number of hydrogen-bond acceptors (Lipinski definition) is 6. The molecule has 1 aliphatic heterocycles. The molecular weight excluding hydrogens is 464 g/mol. The van der Waals surface area contributed by atoms with Crippen LogP contribution in [-0.2, 0) is 24.2 Å². The molecule has 0 saturated heterocycles. The number of amides is 2. The normalized spacial score (nSPS) is 12.6. The van der Waals surface area contributed by atoms with E-state index in [0.717, 1.165) is 17.5 Å². The zero-order chi connectivity index (χ0) is 24.9. The van der Waals surface area contributed by atoms with E-state index in [2.05, 4.69) is 16.8 Å². The number of anilines is 1. The second-order valence-corrected chi connectivity index (χ2v) is 9.37. The highest BCUT2D eigenvalue weighted by Crippen LogP contribution is 2.40. The van der Waals surface area contributed by atoms with E-state index in [4.69, 9.17) is 14.2 Å². The highest BCUT2D eigenvalue weighted by molar-refractivity contribution is 7.10. The Morgan fingerprint density at radius 3 is 2.57 bits per heavy atom. The summed E-state index contributed by atoms with van der Waals surface area (Å²) in [6, 6.07) is 11.2. The van der Waals surface area contributed by atoms with Gasteiger partial charge in [-0.1, -0.05) is 12.1 Å². The van der Waals surface area contributed by atoms with Crippen LogP contribution >= 0.6 is 11.3 Å². The van der Waals surface area contributed by atoms with Crippen molar-refractivity contribution in [2.45, 2.75) is 32.7 Å². The fourth-order valence-electron chi connectivity index (χ4n) is 4.42. The first-order chi connectivity index (χ1) is 17.0. The second kappa shape index (κ2) is 10.8. The number of methoxy groups -OCH3 is 3. The number of benzene rings is 2. The molecular formula is C27H30N2O5S. The topological polar surface area (TPSA) is 77.1 Å². The molecule has 0 bridgehead atoms. The number of ether oxygens (including phenoxy) is 3. The lowest BCUT2D eigenvalue weighted by Crippen LogP contribution is -2.35. The van der Waals surface area contributed by atoms with E-state index in [1.165, 1.54) is 10.4 Å². The van der Waals surface area contributed by atoms with E-state index in [1.54, 1.807) is 38.7 Å². The molecule has 0 atom stereocenters. The van der Waals surface area contributed by atoms with E-state index >= 15 is 0 Å². The van der Waals surface area contributed by atoms with Crippen molar-refractivity contribution < 1.29 is 23.8 Å². The quantitative estimate of drug-likeness (QED) is 0.484. The molecule has 1 aromatic heterocycles. The minimum atomic E-state index is -0.143. The summed E-state index contributed by atoms with van der Waals surface area (Å²) in [5.74, 6) is 1.47. The molecule has 3 aromatic rings. The van der Waals surface area contributed by atoms with Gasteiger partial charge in [0.1, 0.15) is 0 Å². The average molecular weight is 495 g/mol. The van der Waals surface area contributed by atoms with Crippen LogP contribution < -0.4 is 19.5 Å². The molecule has 184 valence electrons. The third-order valence-electron chi connectivity index (χ3n) is 6.34. The van der Waals surface area contributed by atoms with Gasteiger partial charge in [0.05, 0.1) is 21.3 Å². The van der Waals surface area contributed by atoms with Gasteiger partial charge in [0.2, 0.25) is 11.7 Å². The number of rotatable bonds is 8. The zero-order valence-corrected chi connectivity index (χ0v) is 21.3. The Morgan fingerprint density at radius 2 is 1.83 bits per heavy atom. The van der Waals surface area contributed by atoms with E-state index in [-0.39, 0.29) is 18.2 Å². The maximum Gasteiger partial charge on any atom is 0.254 e. The van der Waals surface area contributed by atoms with E-state index in [1.807, 2.05) is 36.1 Å². The molecule has 7 nitrogen and oxygen atoms in total. The number of aryl methyl sites for hydroxylation is 1. The van der Waals surface area contributed by atoms with Gasteiger partial charge >= 0.3 is 0 Å². The molecule has 1 N–H and O–H groups in total. The van der Waals surface area contributed by atoms with Crippen molar-refractivity contribution >= 4 is 28.8 Å². The van der Waals surface area contributed by atoms with Gasteiger partial charge in [-0.25, -0.2) is 0 Å². The molecule has 2 amide bonds. The van der Waals surface area contributed by atoms with Crippen LogP contribution in [0.5, 0.6) is 17.2 Å². The number of fused-ring (bicyclic) bond motifs is 1. The smallest absolute Gasteiger partial charge is 0.254 e. The summed E-state index contributed by atoms with van der Waals surface area (Å²) < 4.78 is 16.3. The van der Waals surface area contributed by atoms with Crippen molar-refractivity contribution in [3.05, 3.63) is 68.9 Å². The minimum absolute atomic E-state index is 0.00878. The van der Waals surface area contributed by atoms with Gasteiger partial charge in [-0.15, -0.1) is 11.3 Å². The van der Waals surface area contributed by atoms with Gasteiger partial charge in [-0.2, -0.15) is 0 Å². The maximum atomic E-state index is 13.3. The summed E-state index contributed by atoms with van der Waals surface area (Å²) in [4.78, 5) is 29.3. The number of hydrogen-bond donors (Lipinski definition) is 1. The number of nitrogens with zero attached hydrogens (tertiary/aromatic N) is 1. The van der Waals surface area contributed by atoms with Crippen molar-refractivity contribution in [1.82, 2.24) is 4.90 Å². The number of carbonyl (C=O) groups is 2. The first-order valence-corrected chi connectivity index (χ1v) is 12.4. The van der Waals surface area contributed by atoms with Crippen molar-refractivity contribution in [2.24, 2.45) is 0 Å². The number of carbonyl (C=O) groups excluding carboxylic acids is 2. The van der Waals surface area contributed by atoms with Crippen LogP contribution in [0.25, 0.3) is 0 Å². The van der Waals surface area contributed by atoms with E-state index in [9.17, 15) is 9.59 Å². The lowest BCUT2D eigenvalue weighted by atomic mass is 10.0. The second-order valence-electron chi connectivity index (χ2n) is 8.37. The zero-order valence-electron chi connectivity index (χ0n) is 20.5. The summed E-state index contributed by atoms with van der Waals surface area (Å²) in [6.45, 7) is 3.20. The van der Waals surface area contributed by atoms with Crippen LogP contribution in [0.15, 0.2) is 41.8 Å². The van der Waals surface area contributed by atoms with Crippen LogP contribution in [0.1, 0.15) is 38.3 Å². The summed E-state index contributed by atoms with van der Waals surface area (Å²) in [5.41, 5.74) is 4.10. The van der Waals surface area contributed by atoms with Crippen LogP contribution in [-0.4, -0.2) is 44.6 Å². The molecule has 8 heteroatoms. The molecule has 0 fully saturated rings. The molecule has 35 heavy (non-hydrogen) atoms. The lowest BCUT2D eigenvalue weighted by Gasteiger charge is -2.28. The summed E-state index contributed by atoms with van der Waals surface area (Å²) >= 11 is 1.75. The predicted molar refractivity (Wildman–Crippen MR) is 137 cm³/mol. The monoisotopic (exact) mass is 494 g/mol. The Balaban J connectivity index is 1.44. The highest BCUT2D eigenvalue weighted by Gasteiger charge is 2.24. The molecule has 0 saturated carbocycles. The number of thiophene rings is 1. The molecule has 0 aliphatic carbocycles. The third kappa shape index (κ3) is 5.12. The Labute approximate surface area is 209 Å². The average Bonchev–Trinajstić information content (AvgIpc) is 3.35. The largest absolute Gasteiger partial charge is 0.493 e. The van der Waals surface area contributed by atoms with E-state index in [0.29, 0.717) is 48.0 Å². The number of nitrogens with one attached hydrogen (secondary N) is 1. The Morgan fingerprint density at radius 1 is 1.03 bits per heavy atom. The van der Waals surface area contributed by atoms with Crippen molar-refractivity contribution in [3.8, 4) is 17.2 Å². The Hall–Kier alpha value is -3.52. The van der Waals surface area contributed by atoms with Crippen LogP contribution in [0.4, 0.5) is 5.69 Å². The third-order valence-corrected chi connectivity index (χ3v) is 7.36. The highest BCUT2D eigenvalue weighted by atomic mass is 32.1. The molecule has 0 radical (unpaired) electrons. The standard InChI is InChI=1S/C27H30N2O5S/c1-17-20(27(31)29-14-12-23-19(16-29)13-15-35-23)6-5-7-21(17)28-24(30)11-9-18-8-10-22(32-2)26(34-4)25(18)33-3/h5-8,10,13,15H,9,11-12,14,16H2,1-4H3,(H,28,30). The fraction of sp³-hybridized carbons (Fsp3) is 0.333. The minimum Gasteiger partial charge on any atom is -0.493 e. The molecule has 4 rings (SSSR count). The molecule has 2 heterocycles. The molecule has 1 aliphatic rings. The fourth-order valence-corrected chi connectivity index (χ4v) is 5.31. The van der Waals surface area contributed by atoms with Crippen LogP contribution in [0.3, 0.4) is 0 Å². The van der Waals surface area contributed by atoms with Gasteiger partial charge in [-0.05, 0) is 66.1 Å². The molecule has 2 aromatic carbocycles. The van der Waals surface area contributed by atoms with Crippen molar-refractivity contribution in [3.63, 3.8) is 0 Å². The lowest BCUT2D eigenvalue weighted by molar-refractivity contribution is -0.116. The van der Waals surface area contributed by atoms with Crippen LogP contribution in [0.2, 0.25) is 0 Å². The van der Waals surface area contributed by atoms with E-state index < -0.39 is 0 Å². The Kier molecular flexibility index (Phi) is 7.60. The summed E-state index contributed by atoms with van der Waals surface area (Å²) in [7, 11) is 4.68. The first kappa shape index (κ1) is 24.6. The maximum absolute atomic E-state index is 13.3. The predicted octanol–water partition coefficient (Wildman–Crippen LogP) is 4.85. The van der Waals surface area contributed by atoms with Crippen molar-refractivity contribution in [2.75, 3.05) is 33.2 Å². The van der Waals surface area contributed by atoms with Crippen molar-refractivity contribution in [1.29, 1.82) is 0 Å². The molecule has 0 unspecified atom stereocenters. The van der Waals surface area contributed by atoms with Gasteiger partial charge < -0.3 is 24.4 Å². The first-order valence-electron chi connectivity index (χ1n) is 11.5.